The van der Waals surface area contributed by atoms with Crippen molar-refractivity contribution in [2.24, 2.45) is 0 Å². The van der Waals surface area contributed by atoms with Gasteiger partial charge >= 0.3 is 0 Å². The quantitative estimate of drug-likeness (QED) is 0.153. The Bertz CT molecular complexity index is 4310. The molecule has 0 fully saturated rings. The molecule has 0 unspecified atom stereocenters. The molecule has 0 spiro atoms. The highest BCUT2D eigenvalue weighted by molar-refractivity contribution is 7.26. The zero-order chi connectivity index (χ0) is 56.7. The molecule has 0 amide bonds. The van der Waals surface area contributed by atoms with E-state index in [9.17, 15) is 0 Å². The fourth-order valence-corrected chi connectivity index (χ4v) is 15.6. The molecule has 2 aliphatic heterocycles. The van der Waals surface area contributed by atoms with Crippen LogP contribution in [0.3, 0.4) is 0 Å². The molecule has 0 N–H and O–H groups in total. The van der Waals surface area contributed by atoms with Crippen LogP contribution >= 0.6 is 22.7 Å². The molecule has 5 heteroatoms. The molecule has 0 saturated carbocycles. The maximum Gasteiger partial charge on any atom is 0.252 e. The summed E-state index contributed by atoms with van der Waals surface area (Å²) < 4.78 is 5.21. The van der Waals surface area contributed by atoms with Crippen LogP contribution in [0, 0.1) is 0 Å². The molecule has 2 aromatic heterocycles. The third-order valence-electron chi connectivity index (χ3n) is 17.7. The fraction of sp³-hybridized carbons (Fsp3) is 0.154. The number of rotatable bonds is 6. The molecule has 11 aromatic carbocycles. The summed E-state index contributed by atoms with van der Waals surface area (Å²) >= 11 is 3.84. The SMILES string of the molecule is CC(C)(C)c1cc(-c2ccccc2)c(N2c3cc4c(cc3B3c5cc6sc7ccccc7c6cc5N(c5c(-c6ccccc6)cc(C(C)(C)C)cc5-c5ccccc5)c5cc(C(C)(C)C)cc2c53)sc2ccccc24)c(-c2ccccc2)c1. The van der Waals surface area contributed by atoms with Crippen LogP contribution < -0.4 is 26.2 Å². The monoisotopic (exact) mass is 1100 g/mol. The van der Waals surface area contributed by atoms with Crippen LogP contribution in [-0.4, -0.2) is 6.71 Å². The molecule has 402 valence electrons. The second kappa shape index (κ2) is 19.0. The number of hydrogen-bond donors (Lipinski definition) is 0. The first-order valence-electron chi connectivity index (χ1n) is 29.3. The minimum absolute atomic E-state index is 0.126. The van der Waals surface area contributed by atoms with Crippen LogP contribution in [0.5, 0.6) is 0 Å². The summed E-state index contributed by atoms with van der Waals surface area (Å²) in [6, 6.07) is 88.4. The van der Waals surface area contributed by atoms with Gasteiger partial charge < -0.3 is 9.80 Å². The highest BCUT2D eigenvalue weighted by Crippen LogP contribution is 2.56. The largest absolute Gasteiger partial charge is 0.310 e. The molecule has 15 rings (SSSR count). The second-order valence-corrected chi connectivity index (χ2v) is 28.3. The molecule has 13 aromatic rings. The zero-order valence-electron chi connectivity index (χ0n) is 48.7. The fourth-order valence-electron chi connectivity index (χ4n) is 13.3. The molecule has 83 heavy (non-hydrogen) atoms. The molecule has 0 bridgehead atoms. The molecule has 0 aliphatic carbocycles. The first kappa shape index (κ1) is 51.4. The van der Waals surface area contributed by atoms with Crippen molar-refractivity contribution in [3.63, 3.8) is 0 Å². The third-order valence-corrected chi connectivity index (χ3v) is 19.9. The molecule has 4 heterocycles. The van der Waals surface area contributed by atoms with Crippen molar-refractivity contribution >= 4 is 120 Å². The van der Waals surface area contributed by atoms with Gasteiger partial charge in [-0.05, 0) is 144 Å². The number of hydrogen-bond acceptors (Lipinski definition) is 4. The minimum Gasteiger partial charge on any atom is -0.310 e. The first-order chi connectivity index (χ1) is 40.1. The van der Waals surface area contributed by atoms with Crippen molar-refractivity contribution in [3.8, 4) is 44.5 Å². The van der Waals surface area contributed by atoms with Gasteiger partial charge in [0.1, 0.15) is 0 Å². The van der Waals surface area contributed by atoms with E-state index in [1.807, 2.05) is 22.7 Å². The van der Waals surface area contributed by atoms with Gasteiger partial charge in [-0.1, -0.05) is 220 Å². The van der Waals surface area contributed by atoms with Gasteiger partial charge in [-0.3, -0.25) is 0 Å². The molecule has 0 saturated heterocycles. The van der Waals surface area contributed by atoms with Gasteiger partial charge in [0.15, 0.2) is 0 Å². The first-order valence-corrected chi connectivity index (χ1v) is 31.0. The summed E-state index contributed by atoms with van der Waals surface area (Å²) in [5.74, 6) is 0. The van der Waals surface area contributed by atoms with E-state index < -0.39 is 0 Å². The zero-order valence-corrected chi connectivity index (χ0v) is 50.4. The van der Waals surface area contributed by atoms with Crippen LogP contribution in [0.1, 0.15) is 79.0 Å². The van der Waals surface area contributed by atoms with E-state index in [2.05, 4.69) is 303 Å². The van der Waals surface area contributed by atoms with Crippen molar-refractivity contribution in [3.05, 3.63) is 247 Å². The van der Waals surface area contributed by atoms with E-state index in [0.29, 0.717) is 0 Å². The van der Waals surface area contributed by atoms with E-state index in [4.69, 9.17) is 0 Å². The van der Waals surface area contributed by atoms with Gasteiger partial charge in [0.05, 0.1) is 11.4 Å². The van der Waals surface area contributed by atoms with Crippen molar-refractivity contribution in [1.82, 2.24) is 0 Å². The molecule has 0 atom stereocenters. The second-order valence-electron chi connectivity index (χ2n) is 26.1. The van der Waals surface area contributed by atoms with E-state index in [1.165, 1.54) is 152 Å². The Labute approximate surface area is 497 Å². The summed E-state index contributed by atoms with van der Waals surface area (Å²) in [5, 5.41) is 5.16. The molecular weight excluding hydrogens is 1040 g/mol. The molecule has 2 aliphatic rings. The van der Waals surface area contributed by atoms with Gasteiger partial charge in [-0.2, -0.15) is 0 Å². The van der Waals surface area contributed by atoms with Gasteiger partial charge in [-0.25, -0.2) is 0 Å². The lowest BCUT2D eigenvalue weighted by atomic mass is 9.33. The number of benzene rings is 11. The number of nitrogens with zero attached hydrogens (tertiary/aromatic N) is 2. The van der Waals surface area contributed by atoms with Crippen LogP contribution in [-0.2, 0) is 16.2 Å². The topological polar surface area (TPSA) is 6.48 Å². The number of fused-ring (bicyclic) bond motifs is 10. The molecular formula is C78H65BN2S2. The standard InChI is InChI=1S/C78H65BN2S2/c1-76(2,3)52-38-57(48-26-14-10-15-27-48)74(58(39-52)49-28-16-11-17-29-49)80-65-44-61-55-34-22-24-36-69(55)82-71(61)46-63(65)79-64-47-72-62(56-35-23-25-37-70(56)83-72)45-66(64)81(68-43-54(78(7,8)9)42-67(80)73(68)79)75-59(50-30-18-12-19-31-50)40-53(77(4,5)6)41-60(75)51-32-20-13-21-33-51/h10-47H,1-9H3. The maximum absolute atomic E-state index is 2.74. The summed E-state index contributed by atoms with van der Waals surface area (Å²) in [7, 11) is 0. The van der Waals surface area contributed by atoms with Crippen LogP contribution in [0.15, 0.2) is 231 Å². The number of anilines is 6. The van der Waals surface area contributed by atoms with Crippen molar-refractivity contribution < 1.29 is 0 Å². The summed E-state index contributed by atoms with van der Waals surface area (Å²) in [4.78, 5) is 5.48. The normalized spacial score (nSPS) is 13.3. The van der Waals surface area contributed by atoms with Gasteiger partial charge in [0.25, 0.3) is 6.71 Å². The Morgan fingerprint density at radius 2 is 0.590 bits per heavy atom. The lowest BCUT2D eigenvalue weighted by Gasteiger charge is -2.46. The Hall–Kier alpha value is -8.48. The van der Waals surface area contributed by atoms with E-state index in [1.54, 1.807) is 0 Å². The van der Waals surface area contributed by atoms with E-state index >= 15 is 0 Å². The predicted octanol–water partition coefficient (Wildman–Crippen LogP) is 21.1. The van der Waals surface area contributed by atoms with Gasteiger partial charge in [-0.15, -0.1) is 22.7 Å². The highest BCUT2D eigenvalue weighted by atomic mass is 32.1. The van der Waals surface area contributed by atoms with Crippen LogP contribution in [0.25, 0.3) is 84.9 Å². The minimum atomic E-state index is -0.249. The smallest absolute Gasteiger partial charge is 0.252 e. The lowest BCUT2D eigenvalue weighted by Crippen LogP contribution is -2.61. The average molecular weight is 1110 g/mol. The Balaban J connectivity index is 1.17. The van der Waals surface area contributed by atoms with Crippen molar-refractivity contribution in [2.75, 3.05) is 9.80 Å². The van der Waals surface area contributed by atoms with Crippen LogP contribution in [0.4, 0.5) is 34.1 Å². The van der Waals surface area contributed by atoms with Gasteiger partial charge in [0, 0.05) is 85.3 Å². The van der Waals surface area contributed by atoms with Crippen LogP contribution in [0.2, 0.25) is 0 Å². The van der Waals surface area contributed by atoms with Crippen molar-refractivity contribution in [2.45, 2.75) is 78.6 Å². The lowest BCUT2D eigenvalue weighted by molar-refractivity contribution is 0.590. The van der Waals surface area contributed by atoms with Crippen molar-refractivity contribution in [1.29, 1.82) is 0 Å². The maximum atomic E-state index is 2.74. The Kier molecular flexibility index (Phi) is 11.8. The summed E-state index contributed by atoms with van der Waals surface area (Å²) in [6.45, 7) is 21.2. The van der Waals surface area contributed by atoms with Gasteiger partial charge in [0.2, 0.25) is 0 Å². The van der Waals surface area contributed by atoms with E-state index in [-0.39, 0.29) is 23.0 Å². The van der Waals surface area contributed by atoms with E-state index in [0.717, 1.165) is 0 Å². The number of thiophene rings is 2. The average Bonchev–Trinajstić information content (AvgIpc) is 2.45. The predicted molar refractivity (Wildman–Crippen MR) is 364 cm³/mol. The molecule has 0 radical (unpaired) electrons. The third kappa shape index (κ3) is 8.41. The summed E-state index contributed by atoms with van der Waals surface area (Å²) in [6.07, 6.45) is 0. The Morgan fingerprint density at radius 1 is 0.289 bits per heavy atom. The summed E-state index contributed by atoms with van der Waals surface area (Å²) in [5.41, 5.74) is 24.1. The highest BCUT2D eigenvalue weighted by Gasteiger charge is 2.47. The Morgan fingerprint density at radius 3 is 0.916 bits per heavy atom. The molecule has 2 nitrogen and oxygen atoms in total.